The number of hydrogen-bond acceptors (Lipinski definition) is 5. The first-order valence-corrected chi connectivity index (χ1v) is 6.82. The highest BCUT2D eigenvalue weighted by Crippen LogP contribution is 2.42. The molecule has 1 saturated heterocycles. The number of epoxide rings is 1. The number of aromatic nitrogens is 2. The van der Waals surface area contributed by atoms with Gasteiger partial charge in [-0.15, -0.1) is 0 Å². The molecule has 1 aromatic heterocycles. The third-order valence-electron chi connectivity index (χ3n) is 3.58. The second-order valence-electron chi connectivity index (χ2n) is 5.13. The lowest BCUT2D eigenvalue weighted by Gasteiger charge is -2.24. The summed E-state index contributed by atoms with van der Waals surface area (Å²) in [5.74, 6) is 0.729. The normalized spacial score (nSPS) is 21.7. The van der Waals surface area contributed by atoms with Crippen molar-refractivity contribution < 1.29 is 9.47 Å². The van der Waals surface area contributed by atoms with Crippen LogP contribution in [0.1, 0.15) is 11.3 Å². The van der Waals surface area contributed by atoms with Gasteiger partial charge in [-0.1, -0.05) is 6.07 Å². The topological polar surface area (TPSA) is 76.7 Å². The van der Waals surface area contributed by atoms with Crippen LogP contribution in [0.15, 0.2) is 30.7 Å². The fraction of sp³-hybridized carbons (Fsp3) is 0.267. The summed E-state index contributed by atoms with van der Waals surface area (Å²) in [5.41, 5.74) is 3.31. The Morgan fingerprint density at radius 3 is 3.19 bits per heavy atom. The largest absolute Gasteiger partial charge is 0.758 e. The number of benzene rings is 1. The summed E-state index contributed by atoms with van der Waals surface area (Å²) in [7, 11) is 0. The Morgan fingerprint density at radius 1 is 1.52 bits per heavy atom. The van der Waals surface area contributed by atoms with Gasteiger partial charge in [0.25, 0.3) is 0 Å². The summed E-state index contributed by atoms with van der Waals surface area (Å²) in [5, 5.41) is 13.1. The van der Waals surface area contributed by atoms with E-state index in [-0.39, 0.29) is 6.10 Å². The molecule has 4 rings (SSSR count). The Balaban J connectivity index is 1.71. The smallest absolute Gasteiger partial charge is 0.129 e. The lowest BCUT2D eigenvalue weighted by Crippen LogP contribution is -2.09. The highest BCUT2D eigenvalue weighted by molar-refractivity contribution is 5.95. The molecule has 1 aromatic carbocycles. The highest BCUT2D eigenvalue weighted by atomic mass is 16.6. The van der Waals surface area contributed by atoms with Crippen LogP contribution < -0.4 is 9.80 Å². The number of anilines is 1. The molecule has 1 atom stereocenters. The fourth-order valence-corrected chi connectivity index (χ4v) is 2.49. The van der Waals surface area contributed by atoms with Crippen molar-refractivity contribution in [3.63, 3.8) is 0 Å². The molecule has 0 saturated carbocycles. The number of imidazole rings is 1. The van der Waals surface area contributed by atoms with E-state index in [9.17, 15) is 5.21 Å². The molecule has 1 fully saturated rings. The molecule has 2 aliphatic rings. The average molecular weight is 284 g/mol. The molecule has 2 aliphatic heterocycles. The molecule has 1 N–H and O–H groups in total. The second kappa shape index (κ2) is 4.91. The van der Waals surface area contributed by atoms with E-state index in [4.69, 9.17) is 9.47 Å². The van der Waals surface area contributed by atoms with Crippen molar-refractivity contribution in [1.29, 1.82) is 0 Å². The second-order valence-corrected chi connectivity index (χ2v) is 5.13. The van der Waals surface area contributed by atoms with Crippen LogP contribution >= 0.6 is 0 Å². The monoisotopic (exact) mass is 284 g/mol. The van der Waals surface area contributed by atoms with E-state index in [1.807, 2.05) is 24.3 Å². The molecule has 2 aromatic rings. The number of fused-ring (bicyclic) bond motifs is 1. The van der Waals surface area contributed by atoms with E-state index < -0.39 is 0 Å². The quantitative estimate of drug-likeness (QED) is 0.869. The summed E-state index contributed by atoms with van der Waals surface area (Å²) in [4.78, 5) is 7.01. The van der Waals surface area contributed by atoms with Gasteiger partial charge >= 0.3 is 0 Å². The third kappa shape index (κ3) is 2.39. The van der Waals surface area contributed by atoms with Crippen molar-refractivity contribution in [3.05, 3.63) is 47.2 Å². The van der Waals surface area contributed by atoms with Crippen molar-refractivity contribution in [2.45, 2.75) is 6.10 Å². The van der Waals surface area contributed by atoms with Gasteiger partial charge in [0, 0.05) is 17.8 Å². The minimum Gasteiger partial charge on any atom is -0.758 e. The predicted molar refractivity (Wildman–Crippen MR) is 78.8 cm³/mol. The number of nitrogens with one attached hydrogen (secondary N) is 1. The summed E-state index contributed by atoms with van der Waals surface area (Å²) in [6, 6.07) is 5.55. The van der Waals surface area contributed by atoms with Crippen LogP contribution in [0.5, 0.6) is 5.75 Å². The maximum atomic E-state index is 12.1. The van der Waals surface area contributed by atoms with E-state index >= 15 is 0 Å². The number of H-pyrrole nitrogens is 1. The molecule has 0 radical (unpaired) electrons. The zero-order chi connectivity index (χ0) is 14.2. The Hall–Kier alpha value is -2.31. The standard InChI is InChI=1S/C15H14N3O3/c19-18-6-10(4-11-5-16-9-17-11)15-13(18)2-1-3-14(15)21-8-12-7-20-12/h1-5,9,12H,6-8H2,(H,16,17)/q-1. The van der Waals surface area contributed by atoms with Gasteiger partial charge in [0.1, 0.15) is 18.5 Å². The number of nitrogens with zero attached hydrogens (tertiary/aromatic N) is 2. The van der Waals surface area contributed by atoms with Crippen LogP contribution in [0.2, 0.25) is 0 Å². The van der Waals surface area contributed by atoms with Gasteiger partial charge in [-0.3, -0.25) is 0 Å². The molecule has 0 bridgehead atoms. The van der Waals surface area contributed by atoms with Crippen LogP contribution in [-0.2, 0) is 4.74 Å². The van der Waals surface area contributed by atoms with Gasteiger partial charge in [0.05, 0.1) is 24.8 Å². The Bertz CT molecular complexity index is 677. The fourth-order valence-electron chi connectivity index (χ4n) is 2.49. The molecule has 3 heterocycles. The van der Waals surface area contributed by atoms with Crippen LogP contribution in [-0.4, -0.2) is 35.8 Å². The van der Waals surface area contributed by atoms with Crippen molar-refractivity contribution in [2.75, 3.05) is 24.8 Å². The Kier molecular flexibility index (Phi) is 2.90. The average Bonchev–Trinajstić information content (AvgIpc) is 3.08. The van der Waals surface area contributed by atoms with Gasteiger partial charge in [-0.25, -0.2) is 4.98 Å². The Labute approximate surface area is 121 Å². The molecule has 108 valence electrons. The van der Waals surface area contributed by atoms with Gasteiger partial charge in [-0.2, -0.15) is 0 Å². The van der Waals surface area contributed by atoms with E-state index in [1.54, 1.807) is 12.5 Å². The van der Waals surface area contributed by atoms with Crippen molar-refractivity contribution in [1.82, 2.24) is 9.97 Å². The first kappa shape index (κ1) is 12.4. The molecular formula is C15H14N3O3-. The number of hydrogen-bond donors (Lipinski definition) is 1. The van der Waals surface area contributed by atoms with Crippen molar-refractivity contribution >= 4 is 17.3 Å². The molecule has 0 spiro atoms. The third-order valence-corrected chi connectivity index (χ3v) is 3.58. The van der Waals surface area contributed by atoms with E-state index in [1.165, 1.54) is 0 Å². The molecule has 0 amide bonds. The van der Waals surface area contributed by atoms with Crippen LogP contribution in [0.3, 0.4) is 0 Å². The van der Waals surface area contributed by atoms with Gasteiger partial charge < -0.3 is 24.7 Å². The first-order valence-electron chi connectivity index (χ1n) is 6.82. The molecule has 6 heteroatoms. The van der Waals surface area contributed by atoms with Crippen LogP contribution in [0.4, 0.5) is 5.69 Å². The SMILES string of the molecule is [O-]N1CC(=Cc2cnc[nH]2)c2c(OCC3CO3)cccc21. The maximum Gasteiger partial charge on any atom is 0.129 e. The molecule has 6 nitrogen and oxygen atoms in total. The van der Waals surface area contributed by atoms with Gasteiger partial charge in [-0.05, 0) is 23.8 Å². The van der Waals surface area contributed by atoms with Gasteiger partial charge in [0.2, 0.25) is 0 Å². The molecular weight excluding hydrogens is 270 g/mol. The van der Waals surface area contributed by atoms with Gasteiger partial charge in [0.15, 0.2) is 0 Å². The lowest BCUT2D eigenvalue weighted by atomic mass is 10.1. The van der Waals surface area contributed by atoms with Crippen LogP contribution in [0.25, 0.3) is 11.6 Å². The summed E-state index contributed by atoms with van der Waals surface area (Å²) in [6.07, 6.45) is 5.46. The van der Waals surface area contributed by atoms with Crippen molar-refractivity contribution in [2.24, 2.45) is 0 Å². The number of aromatic amines is 1. The summed E-state index contributed by atoms with van der Waals surface area (Å²) < 4.78 is 11.0. The summed E-state index contributed by atoms with van der Waals surface area (Å²) >= 11 is 0. The number of hydroxylamine groups is 1. The number of ether oxygens (including phenoxy) is 2. The van der Waals surface area contributed by atoms with Crippen LogP contribution in [0, 0.1) is 5.21 Å². The molecule has 21 heavy (non-hydrogen) atoms. The first-order chi connectivity index (χ1) is 10.3. The molecule has 0 aliphatic carbocycles. The Morgan fingerprint density at radius 2 is 2.43 bits per heavy atom. The summed E-state index contributed by atoms with van der Waals surface area (Å²) in [6.45, 7) is 1.58. The maximum absolute atomic E-state index is 12.1. The predicted octanol–water partition coefficient (Wildman–Crippen LogP) is 2.05. The zero-order valence-corrected chi connectivity index (χ0v) is 11.3. The zero-order valence-electron chi connectivity index (χ0n) is 11.3. The molecule has 1 unspecified atom stereocenters. The lowest BCUT2D eigenvalue weighted by molar-refractivity contribution is 0.262. The van der Waals surface area contributed by atoms with E-state index in [0.29, 0.717) is 18.8 Å². The minimum atomic E-state index is 0.186. The van der Waals surface area contributed by atoms with E-state index in [2.05, 4.69) is 9.97 Å². The number of rotatable bonds is 4. The van der Waals surface area contributed by atoms with Crippen molar-refractivity contribution in [3.8, 4) is 5.75 Å². The highest BCUT2D eigenvalue weighted by Gasteiger charge is 2.26. The van der Waals surface area contributed by atoms with E-state index in [0.717, 1.165) is 34.3 Å². The minimum absolute atomic E-state index is 0.186.